The van der Waals surface area contributed by atoms with Crippen LogP contribution in [0.25, 0.3) is 0 Å². The van der Waals surface area contributed by atoms with E-state index in [4.69, 9.17) is 4.74 Å². The Balaban J connectivity index is 0.000000111. The Hall–Kier alpha value is -0.320. The maximum Gasteiger partial charge on any atom is 0.0622 e. The first-order valence-corrected chi connectivity index (χ1v) is 31.2. The third-order valence-electron chi connectivity index (χ3n) is 22.6. The number of fused-ring (bicyclic) bond motifs is 9. The molecular weight excluding hydrogens is 871 g/mol. The summed E-state index contributed by atoms with van der Waals surface area (Å²) in [6.07, 6.45) is 32.1. The van der Waals surface area contributed by atoms with E-state index in [1.54, 1.807) is 0 Å². The minimum Gasteiger partial charge on any atom is -0.378 e. The SMILES string of the molecule is CC1CC2(C1)CN(C)C2.CC1CC2(CCN(C)C2)C1.CC1CC2CCC(C1)N2C.CC1CC2CCC1CN2C.CC1CC2CCCC(C1)N2C.CC1CC2COCC(C1)N2C.CC1CCC2(C1)CN(C)C2. The van der Waals surface area contributed by atoms with E-state index in [1.807, 2.05) is 0 Å². The van der Waals surface area contributed by atoms with Crippen molar-refractivity contribution in [1.29, 1.82) is 0 Å². The highest BCUT2D eigenvalue weighted by Gasteiger charge is 2.49. The zero-order valence-electron chi connectivity index (χ0n) is 49.6. The zero-order chi connectivity index (χ0) is 50.8. The second kappa shape index (κ2) is 24.6. The molecule has 0 aromatic heterocycles. The Morgan fingerprint density at radius 2 is 0.789 bits per heavy atom. The van der Waals surface area contributed by atoms with Crippen LogP contribution in [-0.4, -0.2) is 185 Å². The van der Waals surface area contributed by atoms with Crippen LogP contribution in [0.1, 0.15) is 190 Å². The standard InChI is InChI=1S/C10H19N.C9H17NO.4C9H17N.C8H15N/c1-8-6-9-4-3-5-10(7-8)11(9)2;1-7-3-8-5-11-6-9(4-7)10(8)2;1-8-5-9(6-8)3-4-10(2)7-9;1-8-3-4-9(5-8)6-10(2)7-9;1-7-5-9-4-3-8(7)6-10(9)2;1-7-5-8-3-4-9(6-7)10(8)2;1-7-3-8(4-7)5-9(2)6-8/h8-10H,3-7H2,1-2H3;7-9H,3-6H2,1-2H3;2*8H,3-7H2,1-2H3;2*7-9H,3-6H2,1-2H3;7H,3-6H2,1-2H3. The lowest BCUT2D eigenvalue weighted by molar-refractivity contribution is -0.0758. The fourth-order valence-corrected chi connectivity index (χ4v) is 19.1. The zero-order valence-corrected chi connectivity index (χ0v) is 49.6. The third kappa shape index (κ3) is 14.6. The smallest absolute Gasteiger partial charge is 0.0622 e. The van der Waals surface area contributed by atoms with Crippen LogP contribution in [0.5, 0.6) is 0 Å². The van der Waals surface area contributed by atoms with E-state index in [1.165, 1.54) is 187 Å². The van der Waals surface area contributed by atoms with Crippen LogP contribution in [0.15, 0.2) is 0 Å². The van der Waals surface area contributed by atoms with Crippen molar-refractivity contribution in [3.63, 3.8) is 0 Å². The molecule has 11 aliphatic heterocycles. The number of piperidine rings is 6. The molecule has 4 saturated carbocycles. The van der Waals surface area contributed by atoms with Crippen molar-refractivity contribution in [3.8, 4) is 0 Å². The number of hydrogen-bond acceptors (Lipinski definition) is 8. The van der Waals surface area contributed by atoms with Crippen molar-refractivity contribution in [2.75, 3.05) is 108 Å². The van der Waals surface area contributed by atoms with Crippen LogP contribution in [0.4, 0.5) is 0 Å². The van der Waals surface area contributed by atoms with Gasteiger partial charge in [-0.1, -0.05) is 61.3 Å². The predicted octanol–water partition coefficient (Wildman–Crippen LogP) is 11.8. The summed E-state index contributed by atoms with van der Waals surface area (Å²) in [7, 11) is 15.8. The normalized spacial score (nSPS) is 42.8. The molecule has 8 bridgehead atoms. The number of likely N-dealkylation sites (tertiary alicyclic amines) is 3. The van der Waals surface area contributed by atoms with Crippen LogP contribution in [0, 0.1) is 63.6 Å². The molecule has 15 rings (SSSR count). The van der Waals surface area contributed by atoms with Gasteiger partial charge in [0.05, 0.1) is 13.2 Å². The summed E-state index contributed by atoms with van der Waals surface area (Å²) in [6, 6.07) is 6.08. The minimum atomic E-state index is 0.706. The van der Waals surface area contributed by atoms with E-state index in [0.29, 0.717) is 12.1 Å². The molecule has 0 aromatic rings. The Labute approximate surface area is 441 Å². The molecule has 10 unspecified atom stereocenters. The molecule has 71 heavy (non-hydrogen) atoms. The highest BCUT2D eigenvalue weighted by Crippen LogP contribution is 2.52. The van der Waals surface area contributed by atoms with Crippen LogP contribution in [0.3, 0.4) is 0 Å². The fraction of sp³-hybridized carbons (Fsp3) is 1.00. The molecule has 15 aliphatic rings. The molecule has 15 fully saturated rings. The summed E-state index contributed by atoms with van der Waals surface area (Å²) in [5, 5.41) is 0. The number of hydrogen-bond donors (Lipinski definition) is 0. The summed E-state index contributed by atoms with van der Waals surface area (Å²) in [5.41, 5.74) is 2.39. The van der Waals surface area contributed by atoms with Gasteiger partial charge in [-0.05, 0) is 248 Å². The maximum absolute atomic E-state index is 5.51. The minimum absolute atomic E-state index is 0.706. The van der Waals surface area contributed by atoms with E-state index in [9.17, 15) is 0 Å². The second-order valence-corrected chi connectivity index (χ2v) is 30.0. The van der Waals surface area contributed by atoms with Gasteiger partial charge >= 0.3 is 0 Å². The van der Waals surface area contributed by atoms with Gasteiger partial charge in [0.2, 0.25) is 0 Å². The van der Waals surface area contributed by atoms with Crippen molar-refractivity contribution >= 4 is 0 Å². The summed E-state index contributed by atoms with van der Waals surface area (Å²) >= 11 is 0. The van der Waals surface area contributed by atoms with Gasteiger partial charge in [-0.15, -0.1) is 0 Å². The molecular formula is C63H119N7O. The molecule has 0 radical (unpaired) electrons. The van der Waals surface area contributed by atoms with Crippen LogP contribution < -0.4 is 0 Å². The molecule has 3 spiro atoms. The predicted molar refractivity (Wildman–Crippen MR) is 302 cm³/mol. The fourth-order valence-electron chi connectivity index (χ4n) is 19.1. The maximum atomic E-state index is 5.51. The monoisotopic (exact) mass is 990 g/mol. The first-order chi connectivity index (χ1) is 33.7. The molecule has 0 amide bonds. The summed E-state index contributed by atoms with van der Waals surface area (Å²) in [6.45, 7) is 28.2. The molecule has 10 atom stereocenters. The lowest BCUT2D eigenvalue weighted by Gasteiger charge is -2.57. The van der Waals surface area contributed by atoms with Crippen LogP contribution >= 0.6 is 0 Å². The number of ether oxygens (including phenoxy) is 1. The molecule has 8 nitrogen and oxygen atoms in total. The molecule has 0 aromatic carbocycles. The number of nitrogens with zero attached hydrogens (tertiary/aromatic N) is 7. The van der Waals surface area contributed by atoms with E-state index in [-0.39, 0.29) is 0 Å². The highest BCUT2D eigenvalue weighted by molar-refractivity contribution is 5.02. The number of likely N-dealkylation sites (N-methyl/N-ethyl adjacent to an activating group) is 1. The summed E-state index contributed by atoms with van der Waals surface area (Å²) in [4.78, 5) is 17.6. The Kier molecular flexibility index (Phi) is 19.7. The lowest BCUT2D eigenvalue weighted by Crippen LogP contribution is -2.60. The lowest BCUT2D eigenvalue weighted by atomic mass is 9.58. The Bertz CT molecular complexity index is 1440. The number of morpholine rings is 1. The van der Waals surface area contributed by atoms with Crippen LogP contribution in [-0.2, 0) is 4.74 Å². The summed E-state index contributed by atoms with van der Waals surface area (Å²) < 4.78 is 5.51. The van der Waals surface area contributed by atoms with Gasteiger partial charge in [-0.25, -0.2) is 0 Å². The molecule has 0 N–H and O–H groups in total. The van der Waals surface area contributed by atoms with Crippen molar-refractivity contribution in [2.45, 2.75) is 232 Å². The molecule has 4 aliphatic carbocycles. The molecule has 11 saturated heterocycles. The van der Waals surface area contributed by atoms with Gasteiger partial charge in [0, 0.05) is 81.6 Å². The van der Waals surface area contributed by atoms with Gasteiger partial charge in [0.15, 0.2) is 0 Å². The van der Waals surface area contributed by atoms with Gasteiger partial charge in [-0.2, -0.15) is 0 Å². The first kappa shape index (κ1) is 56.9. The molecule has 8 heteroatoms. The van der Waals surface area contributed by atoms with Gasteiger partial charge in [-0.3, -0.25) is 4.90 Å². The second-order valence-electron chi connectivity index (χ2n) is 30.0. The third-order valence-corrected chi connectivity index (χ3v) is 22.6. The van der Waals surface area contributed by atoms with Gasteiger partial charge < -0.3 is 34.1 Å². The van der Waals surface area contributed by atoms with E-state index in [2.05, 4.69) is 132 Å². The highest BCUT2D eigenvalue weighted by atomic mass is 16.5. The van der Waals surface area contributed by atoms with Gasteiger partial charge in [0.1, 0.15) is 0 Å². The van der Waals surface area contributed by atoms with Crippen molar-refractivity contribution in [3.05, 3.63) is 0 Å². The number of rotatable bonds is 0. The summed E-state index contributed by atoms with van der Waals surface area (Å²) in [5.74, 6) is 7.98. The van der Waals surface area contributed by atoms with Crippen molar-refractivity contribution in [1.82, 2.24) is 34.3 Å². The largest absolute Gasteiger partial charge is 0.378 e. The van der Waals surface area contributed by atoms with Crippen molar-refractivity contribution in [2.24, 2.45) is 63.6 Å². The average Bonchev–Trinajstić information content (AvgIpc) is 3.90. The van der Waals surface area contributed by atoms with Crippen LogP contribution in [0.2, 0.25) is 0 Å². The van der Waals surface area contributed by atoms with E-state index in [0.717, 1.165) is 107 Å². The average molecular weight is 991 g/mol. The Morgan fingerprint density at radius 3 is 1.17 bits per heavy atom. The van der Waals surface area contributed by atoms with E-state index < -0.39 is 0 Å². The van der Waals surface area contributed by atoms with Gasteiger partial charge in [0.25, 0.3) is 0 Å². The molecule has 412 valence electrons. The topological polar surface area (TPSA) is 31.9 Å². The molecule has 11 heterocycles. The Morgan fingerprint density at radius 1 is 0.366 bits per heavy atom. The van der Waals surface area contributed by atoms with E-state index >= 15 is 0 Å². The quantitative estimate of drug-likeness (QED) is 0.237. The first-order valence-electron chi connectivity index (χ1n) is 31.2. The van der Waals surface area contributed by atoms with Crippen molar-refractivity contribution < 1.29 is 4.74 Å².